The Bertz CT molecular complexity index is 923. The highest BCUT2D eigenvalue weighted by molar-refractivity contribution is 6.02. The summed E-state index contributed by atoms with van der Waals surface area (Å²) < 4.78 is 23.6. The van der Waals surface area contributed by atoms with Crippen LogP contribution in [0.1, 0.15) is 43.2 Å². The molecule has 1 spiro atoms. The highest BCUT2D eigenvalue weighted by atomic mass is 16.7. The van der Waals surface area contributed by atoms with E-state index >= 15 is 0 Å². The Balaban J connectivity index is 1.21. The highest BCUT2D eigenvalue weighted by Crippen LogP contribution is 2.37. The van der Waals surface area contributed by atoms with Crippen molar-refractivity contribution < 1.29 is 23.8 Å². The third-order valence-corrected chi connectivity index (χ3v) is 6.36. The topological polar surface area (TPSA) is 58.5 Å². The molecule has 2 aromatic carbocycles. The van der Waals surface area contributed by atoms with Gasteiger partial charge in [-0.15, -0.1) is 0 Å². The van der Waals surface area contributed by atoms with Crippen LogP contribution in [-0.2, 0) is 20.9 Å². The van der Waals surface area contributed by atoms with Crippen LogP contribution in [0.4, 0.5) is 0 Å². The summed E-state index contributed by atoms with van der Waals surface area (Å²) >= 11 is 0. The number of rotatable bonds is 7. The monoisotopic (exact) mass is 423 g/mol. The number of nitrogens with zero attached hydrogens (tertiary/aromatic N) is 1. The number of hydrogen-bond donors (Lipinski definition) is 0. The van der Waals surface area contributed by atoms with Crippen molar-refractivity contribution in [2.24, 2.45) is 5.16 Å². The zero-order valence-electron chi connectivity index (χ0n) is 17.9. The molecule has 164 valence electrons. The molecule has 2 aliphatic heterocycles. The molecule has 6 heteroatoms. The summed E-state index contributed by atoms with van der Waals surface area (Å²) in [7, 11) is 1.67. The lowest BCUT2D eigenvalue weighted by Gasteiger charge is -2.18. The van der Waals surface area contributed by atoms with Gasteiger partial charge in [0.15, 0.2) is 17.1 Å². The van der Waals surface area contributed by atoms with E-state index < -0.39 is 0 Å². The van der Waals surface area contributed by atoms with E-state index in [1.54, 1.807) is 7.11 Å². The minimum absolute atomic E-state index is 0.112. The van der Waals surface area contributed by atoms with E-state index in [2.05, 4.69) is 17.3 Å². The van der Waals surface area contributed by atoms with Gasteiger partial charge in [0.05, 0.1) is 38.7 Å². The molecule has 3 unspecified atom stereocenters. The van der Waals surface area contributed by atoms with Crippen molar-refractivity contribution in [3.63, 3.8) is 0 Å². The lowest BCUT2D eigenvalue weighted by atomic mass is 9.93. The lowest BCUT2D eigenvalue weighted by Crippen LogP contribution is -2.29. The van der Waals surface area contributed by atoms with Gasteiger partial charge in [0.25, 0.3) is 0 Å². The SMILES string of the molecule is COc1ccc(C2=NOC3(CCOC3)C2)cc1OC1CCC(OCc2ccccc2)C1. The molecule has 0 N–H and O–H groups in total. The van der Waals surface area contributed by atoms with Crippen molar-refractivity contribution in [2.45, 2.75) is 56.5 Å². The number of oxime groups is 1. The molecule has 5 rings (SSSR count). The predicted molar refractivity (Wildman–Crippen MR) is 117 cm³/mol. The zero-order chi connectivity index (χ0) is 21.1. The Kier molecular flexibility index (Phi) is 5.83. The van der Waals surface area contributed by atoms with Crippen LogP contribution < -0.4 is 9.47 Å². The summed E-state index contributed by atoms with van der Waals surface area (Å²) in [5, 5.41) is 4.36. The van der Waals surface area contributed by atoms with Gasteiger partial charge in [0, 0.05) is 24.8 Å². The van der Waals surface area contributed by atoms with E-state index in [1.807, 2.05) is 36.4 Å². The fourth-order valence-electron chi connectivity index (χ4n) is 4.55. The second-order valence-electron chi connectivity index (χ2n) is 8.63. The van der Waals surface area contributed by atoms with E-state index in [9.17, 15) is 0 Å². The third kappa shape index (κ3) is 4.55. The number of ether oxygens (including phenoxy) is 4. The van der Waals surface area contributed by atoms with Crippen LogP contribution in [0.2, 0.25) is 0 Å². The Morgan fingerprint density at radius 2 is 1.94 bits per heavy atom. The number of hydrogen-bond acceptors (Lipinski definition) is 6. The normalized spacial score (nSPS) is 27.3. The average molecular weight is 424 g/mol. The Hall–Kier alpha value is -2.57. The second kappa shape index (κ2) is 8.89. The fraction of sp³-hybridized carbons (Fsp3) is 0.480. The van der Waals surface area contributed by atoms with Crippen LogP contribution in [0, 0.1) is 0 Å². The first kappa shape index (κ1) is 20.3. The van der Waals surface area contributed by atoms with Crippen LogP contribution in [0.5, 0.6) is 11.5 Å². The van der Waals surface area contributed by atoms with Gasteiger partial charge in [-0.1, -0.05) is 35.5 Å². The second-order valence-corrected chi connectivity index (χ2v) is 8.63. The molecule has 2 fully saturated rings. The molecule has 1 saturated carbocycles. The van der Waals surface area contributed by atoms with Crippen LogP contribution in [0.3, 0.4) is 0 Å². The molecule has 6 nitrogen and oxygen atoms in total. The van der Waals surface area contributed by atoms with Gasteiger partial charge in [-0.05, 0) is 36.6 Å². The van der Waals surface area contributed by atoms with Gasteiger partial charge < -0.3 is 23.8 Å². The average Bonchev–Trinajstić information content (AvgIpc) is 3.56. The summed E-state index contributed by atoms with van der Waals surface area (Å²) in [5.74, 6) is 1.48. The minimum Gasteiger partial charge on any atom is -0.493 e. The van der Waals surface area contributed by atoms with E-state index in [-0.39, 0.29) is 17.8 Å². The highest BCUT2D eigenvalue weighted by Gasteiger charge is 2.43. The summed E-state index contributed by atoms with van der Waals surface area (Å²) in [5.41, 5.74) is 2.86. The Labute approximate surface area is 183 Å². The minimum atomic E-state index is -0.287. The third-order valence-electron chi connectivity index (χ3n) is 6.36. The first-order valence-corrected chi connectivity index (χ1v) is 11.1. The van der Waals surface area contributed by atoms with Gasteiger partial charge >= 0.3 is 0 Å². The smallest absolute Gasteiger partial charge is 0.168 e. The molecule has 3 aliphatic rings. The molecule has 1 saturated heterocycles. The standard InChI is InChI=1S/C25H29NO5/c1-27-23-10-7-19(22-15-25(31-26-22)11-12-28-17-25)13-24(23)30-21-9-8-20(14-21)29-16-18-5-3-2-4-6-18/h2-7,10,13,20-21H,8-9,11-12,14-17H2,1H3. The summed E-state index contributed by atoms with van der Waals surface area (Å²) in [6, 6.07) is 16.3. The molecular weight excluding hydrogens is 394 g/mol. The zero-order valence-corrected chi connectivity index (χ0v) is 17.9. The molecular formula is C25H29NO5. The Morgan fingerprint density at radius 1 is 1.06 bits per heavy atom. The van der Waals surface area contributed by atoms with E-state index in [0.29, 0.717) is 13.2 Å². The summed E-state index contributed by atoms with van der Waals surface area (Å²) in [6.07, 6.45) is 4.82. The molecule has 0 aromatic heterocycles. The maximum atomic E-state index is 6.37. The summed E-state index contributed by atoms with van der Waals surface area (Å²) in [4.78, 5) is 5.75. The van der Waals surface area contributed by atoms with Gasteiger partial charge in [-0.2, -0.15) is 0 Å². The predicted octanol–water partition coefficient (Wildman–Crippen LogP) is 4.50. The Morgan fingerprint density at radius 3 is 2.74 bits per heavy atom. The quantitative estimate of drug-likeness (QED) is 0.657. The first-order valence-electron chi connectivity index (χ1n) is 11.1. The number of benzene rings is 2. The maximum absolute atomic E-state index is 6.37. The lowest BCUT2D eigenvalue weighted by molar-refractivity contribution is -0.0237. The van der Waals surface area contributed by atoms with Gasteiger partial charge in [-0.3, -0.25) is 0 Å². The summed E-state index contributed by atoms with van der Waals surface area (Å²) in [6.45, 7) is 1.98. The van der Waals surface area contributed by atoms with Crippen LogP contribution >= 0.6 is 0 Å². The molecule has 31 heavy (non-hydrogen) atoms. The van der Waals surface area contributed by atoms with Crippen LogP contribution in [-0.4, -0.2) is 43.8 Å². The van der Waals surface area contributed by atoms with Gasteiger partial charge in [0.1, 0.15) is 6.10 Å². The van der Waals surface area contributed by atoms with Crippen molar-refractivity contribution in [1.82, 2.24) is 0 Å². The van der Waals surface area contributed by atoms with Crippen LogP contribution in [0.15, 0.2) is 53.7 Å². The van der Waals surface area contributed by atoms with E-state index in [4.69, 9.17) is 23.8 Å². The van der Waals surface area contributed by atoms with Crippen molar-refractivity contribution in [2.75, 3.05) is 20.3 Å². The molecule has 0 radical (unpaired) electrons. The number of methoxy groups -OCH3 is 1. The largest absolute Gasteiger partial charge is 0.493 e. The van der Waals surface area contributed by atoms with Crippen molar-refractivity contribution in [3.8, 4) is 11.5 Å². The molecule has 2 heterocycles. The molecule has 3 atom stereocenters. The first-order chi connectivity index (χ1) is 15.2. The van der Waals surface area contributed by atoms with Gasteiger partial charge in [0.2, 0.25) is 0 Å². The van der Waals surface area contributed by atoms with E-state index in [0.717, 1.165) is 61.5 Å². The molecule has 1 aliphatic carbocycles. The van der Waals surface area contributed by atoms with Gasteiger partial charge in [-0.25, -0.2) is 0 Å². The van der Waals surface area contributed by atoms with Crippen molar-refractivity contribution in [3.05, 3.63) is 59.7 Å². The van der Waals surface area contributed by atoms with E-state index in [1.165, 1.54) is 5.56 Å². The molecule has 2 aromatic rings. The van der Waals surface area contributed by atoms with Crippen LogP contribution in [0.25, 0.3) is 0 Å². The molecule has 0 amide bonds. The molecule has 0 bridgehead atoms. The van der Waals surface area contributed by atoms with Crippen molar-refractivity contribution in [1.29, 1.82) is 0 Å². The maximum Gasteiger partial charge on any atom is 0.168 e. The fourth-order valence-corrected chi connectivity index (χ4v) is 4.55. The van der Waals surface area contributed by atoms with Crippen molar-refractivity contribution >= 4 is 5.71 Å².